The average molecular weight is 244 g/mol. The third-order valence-corrected chi connectivity index (χ3v) is 2.86. The van der Waals surface area contributed by atoms with Gasteiger partial charge < -0.3 is 10.6 Å². The molecule has 0 unspecified atom stereocenters. The fourth-order valence-corrected chi connectivity index (χ4v) is 1.92. The third kappa shape index (κ3) is 5.86. The maximum atomic E-state index is 5.38. The van der Waals surface area contributed by atoms with Crippen molar-refractivity contribution in [3.8, 4) is 11.8 Å². The van der Waals surface area contributed by atoms with E-state index in [1.807, 2.05) is 6.07 Å². The minimum absolute atomic E-state index is 0.418. The van der Waals surface area contributed by atoms with E-state index in [-0.39, 0.29) is 0 Å². The molecule has 0 aliphatic rings. The van der Waals surface area contributed by atoms with E-state index in [0.29, 0.717) is 6.54 Å². The number of hydrogen-bond donors (Lipinski definition) is 1. The molecule has 0 bridgehead atoms. The molecule has 0 amide bonds. The molecule has 0 radical (unpaired) electrons. The van der Waals surface area contributed by atoms with E-state index < -0.39 is 0 Å². The summed E-state index contributed by atoms with van der Waals surface area (Å²) in [5.74, 6) is 5.97. The molecule has 18 heavy (non-hydrogen) atoms. The second kappa shape index (κ2) is 8.74. The van der Waals surface area contributed by atoms with Crippen molar-refractivity contribution in [2.75, 3.05) is 20.1 Å². The van der Waals surface area contributed by atoms with E-state index in [1.165, 1.54) is 24.8 Å². The van der Waals surface area contributed by atoms with Crippen molar-refractivity contribution in [2.24, 2.45) is 5.73 Å². The van der Waals surface area contributed by atoms with Gasteiger partial charge in [0.25, 0.3) is 0 Å². The zero-order valence-electron chi connectivity index (χ0n) is 11.6. The lowest BCUT2D eigenvalue weighted by molar-refractivity contribution is 0.318. The van der Waals surface area contributed by atoms with Crippen LogP contribution in [-0.2, 0) is 6.54 Å². The smallest absolute Gasteiger partial charge is 0.0555 e. The number of unbranched alkanes of at least 4 members (excludes halogenated alkanes) is 2. The molecule has 0 spiro atoms. The van der Waals surface area contributed by atoms with Gasteiger partial charge in [0.15, 0.2) is 0 Å². The normalized spacial score (nSPS) is 10.2. The molecule has 2 N–H and O–H groups in total. The first kappa shape index (κ1) is 14.8. The summed E-state index contributed by atoms with van der Waals surface area (Å²) >= 11 is 0. The maximum Gasteiger partial charge on any atom is 0.0555 e. The number of hydrogen-bond acceptors (Lipinski definition) is 2. The van der Waals surface area contributed by atoms with Gasteiger partial charge in [-0.25, -0.2) is 0 Å². The summed E-state index contributed by atoms with van der Waals surface area (Å²) in [5, 5.41) is 0. The summed E-state index contributed by atoms with van der Waals surface area (Å²) in [7, 11) is 2.17. The average Bonchev–Trinajstić information content (AvgIpc) is 2.37. The molecular weight excluding hydrogens is 220 g/mol. The van der Waals surface area contributed by atoms with Crippen molar-refractivity contribution in [2.45, 2.75) is 32.7 Å². The SMILES string of the molecule is CCCCCN(C)Cc1cccc(C#CCN)c1. The molecule has 2 nitrogen and oxygen atoms in total. The van der Waals surface area contributed by atoms with Gasteiger partial charge in [0.1, 0.15) is 0 Å². The largest absolute Gasteiger partial charge is 0.320 e. The molecule has 0 saturated heterocycles. The minimum atomic E-state index is 0.418. The van der Waals surface area contributed by atoms with Gasteiger partial charge in [-0.15, -0.1) is 0 Å². The Labute approximate surface area is 111 Å². The first-order valence-electron chi connectivity index (χ1n) is 6.72. The number of benzene rings is 1. The summed E-state index contributed by atoms with van der Waals surface area (Å²) in [6, 6.07) is 8.40. The molecule has 2 heteroatoms. The Kier molecular flexibility index (Phi) is 7.17. The lowest BCUT2D eigenvalue weighted by Gasteiger charge is -2.16. The number of nitrogens with two attached hydrogens (primary N) is 1. The molecule has 0 aliphatic carbocycles. The van der Waals surface area contributed by atoms with Crippen molar-refractivity contribution >= 4 is 0 Å². The predicted octanol–water partition coefficient (Wildman–Crippen LogP) is 2.62. The molecule has 1 aromatic carbocycles. The van der Waals surface area contributed by atoms with Gasteiger partial charge in [-0.3, -0.25) is 0 Å². The Morgan fingerprint density at radius 1 is 1.28 bits per heavy atom. The summed E-state index contributed by atoms with van der Waals surface area (Å²) in [6.07, 6.45) is 3.87. The van der Waals surface area contributed by atoms with Crippen LogP contribution in [0.2, 0.25) is 0 Å². The topological polar surface area (TPSA) is 29.3 Å². The van der Waals surface area contributed by atoms with E-state index in [4.69, 9.17) is 5.73 Å². The first-order valence-corrected chi connectivity index (χ1v) is 6.72. The highest BCUT2D eigenvalue weighted by atomic mass is 15.1. The van der Waals surface area contributed by atoms with Crippen LogP contribution in [0.15, 0.2) is 24.3 Å². The highest BCUT2D eigenvalue weighted by molar-refractivity contribution is 5.37. The van der Waals surface area contributed by atoms with Crippen molar-refractivity contribution in [1.29, 1.82) is 0 Å². The summed E-state index contributed by atoms with van der Waals surface area (Å²) in [5.41, 5.74) is 7.75. The summed E-state index contributed by atoms with van der Waals surface area (Å²) < 4.78 is 0. The van der Waals surface area contributed by atoms with Crippen LogP contribution in [0.4, 0.5) is 0 Å². The molecule has 0 saturated carbocycles. The fraction of sp³-hybridized carbons (Fsp3) is 0.500. The second-order valence-electron chi connectivity index (χ2n) is 4.65. The predicted molar refractivity (Wildman–Crippen MR) is 78.2 cm³/mol. The molecule has 0 atom stereocenters. The van der Waals surface area contributed by atoms with Crippen LogP contribution >= 0.6 is 0 Å². The van der Waals surface area contributed by atoms with Crippen molar-refractivity contribution in [3.05, 3.63) is 35.4 Å². The van der Waals surface area contributed by atoms with Gasteiger partial charge >= 0.3 is 0 Å². The monoisotopic (exact) mass is 244 g/mol. The van der Waals surface area contributed by atoms with Gasteiger partial charge in [-0.05, 0) is 37.7 Å². The van der Waals surface area contributed by atoms with Crippen LogP contribution in [0, 0.1) is 11.8 Å². The molecular formula is C16H24N2. The summed E-state index contributed by atoms with van der Waals surface area (Å²) in [4.78, 5) is 2.37. The molecule has 1 aromatic rings. The third-order valence-electron chi connectivity index (χ3n) is 2.86. The molecule has 0 aliphatic heterocycles. The van der Waals surface area contributed by atoms with Crippen LogP contribution in [0.25, 0.3) is 0 Å². The van der Waals surface area contributed by atoms with Gasteiger partial charge in [-0.1, -0.05) is 43.7 Å². The highest BCUT2D eigenvalue weighted by Gasteiger charge is 2.00. The van der Waals surface area contributed by atoms with Crippen LogP contribution < -0.4 is 5.73 Å². The lowest BCUT2D eigenvalue weighted by atomic mass is 10.1. The molecule has 0 fully saturated rings. The Morgan fingerprint density at radius 3 is 2.83 bits per heavy atom. The van der Waals surface area contributed by atoms with Crippen molar-refractivity contribution in [3.63, 3.8) is 0 Å². The van der Waals surface area contributed by atoms with E-state index in [1.54, 1.807) is 0 Å². The minimum Gasteiger partial charge on any atom is -0.320 e. The molecule has 0 heterocycles. The Hall–Kier alpha value is -1.30. The zero-order chi connectivity index (χ0) is 13.2. The van der Waals surface area contributed by atoms with Gasteiger partial charge in [-0.2, -0.15) is 0 Å². The Morgan fingerprint density at radius 2 is 2.11 bits per heavy atom. The van der Waals surface area contributed by atoms with Crippen molar-refractivity contribution in [1.82, 2.24) is 4.90 Å². The Balaban J connectivity index is 2.50. The van der Waals surface area contributed by atoms with Crippen LogP contribution in [0.5, 0.6) is 0 Å². The van der Waals surface area contributed by atoms with Crippen LogP contribution in [-0.4, -0.2) is 25.0 Å². The van der Waals surface area contributed by atoms with Crippen molar-refractivity contribution < 1.29 is 0 Å². The summed E-state index contributed by atoms with van der Waals surface area (Å²) in [6.45, 7) is 4.80. The number of rotatable bonds is 6. The van der Waals surface area contributed by atoms with E-state index in [9.17, 15) is 0 Å². The fourth-order valence-electron chi connectivity index (χ4n) is 1.92. The highest BCUT2D eigenvalue weighted by Crippen LogP contribution is 2.07. The van der Waals surface area contributed by atoms with E-state index in [2.05, 4.69) is 48.9 Å². The lowest BCUT2D eigenvalue weighted by Crippen LogP contribution is -2.19. The quantitative estimate of drug-likeness (QED) is 0.615. The van der Waals surface area contributed by atoms with E-state index in [0.717, 1.165) is 18.7 Å². The van der Waals surface area contributed by atoms with Crippen LogP contribution in [0.3, 0.4) is 0 Å². The first-order chi connectivity index (χ1) is 8.76. The molecule has 1 rings (SSSR count). The van der Waals surface area contributed by atoms with Gasteiger partial charge in [0, 0.05) is 12.1 Å². The second-order valence-corrected chi connectivity index (χ2v) is 4.65. The molecule has 0 aromatic heterocycles. The zero-order valence-corrected chi connectivity index (χ0v) is 11.6. The maximum absolute atomic E-state index is 5.38. The molecule has 98 valence electrons. The van der Waals surface area contributed by atoms with Gasteiger partial charge in [0.05, 0.1) is 6.54 Å². The van der Waals surface area contributed by atoms with Gasteiger partial charge in [0.2, 0.25) is 0 Å². The Bertz CT molecular complexity index is 401. The standard InChI is InChI=1S/C16H24N2/c1-3-4-5-12-18(2)14-16-9-6-8-15(13-16)10-7-11-17/h6,8-9,13H,3-5,11-12,14,17H2,1-2H3. The van der Waals surface area contributed by atoms with E-state index >= 15 is 0 Å². The van der Waals surface area contributed by atoms with Crippen LogP contribution in [0.1, 0.15) is 37.3 Å². The number of nitrogens with zero attached hydrogens (tertiary/aromatic N) is 1.